The van der Waals surface area contributed by atoms with Crippen LogP contribution < -0.4 is 11.1 Å². The summed E-state index contributed by atoms with van der Waals surface area (Å²) in [6, 6.07) is 12.7. The van der Waals surface area contributed by atoms with Crippen molar-refractivity contribution < 1.29 is 9.90 Å². The van der Waals surface area contributed by atoms with Gasteiger partial charge in [0.25, 0.3) is 0 Å². The molecule has 0 saturated heterocycles. The second-order valence-corrected chi connectivity index (χ2v) is 7.51. The summed E-state index contributed by atoms with van der Waals surface area (Å²) in [6.07, 6.45) is 4.26. The molecule has 0 atom stereocenters. The number of aromatic nitrogens is 1. The summed E-state index contributed by atoms with van der Waals surface area (Å²) in [7, 11) is 0. The number of nitrogens with zero attached hydrogens (tertiary/aromatic N) is 1. The molecule has 0 aliphatic heterocycles. The van der Waals surface area contributed by atoms with Crippen molar-refractivity contribution in [1.29, 1.82) is 0 Å². The van der Waals surface area contributed by atoms with Gasteiger partial charge in [-0.1, -0.05) is 18.8 Å². The summed E-state index contributed by atoms with van der Waals surface area (Å²) in [5.41, 5.74) is 10.2. The third-order valence-corrected chi connectivity index (χ3v) is 5.61. The molecule has 2 aromatic carbocycles. The molecule has 0 spiro atoms. The maximum absolute atomic E-state index is 12.3. The number of nitrogen functional groups attached to an aromatic ring is 1. The van der Waals surface area contributed by atoms with Gasteiger partial charge in [-0.2, -0.15) is 0 Å². The number of nitrogens with two attached hydrogens (primary N) is 1. The van der Waals surface area contributed by atoms with Gasteiger partial charge in [0.05, 0.1) is 11.2 Å². The number of rotatable bonds is 3. The van der Waals surface area contributed by atoms with Crippen molar-refractivity contribution in [3.63, 3.8) is 0 Å². The quantitative estimate of drug-likeness (QED) is 0.580. The molecule has 5 heteroatoms. The molecule has 1 saturated carbocycles. The van der Waals surface area contributed by atoms with E-state index in [0.717, 1.165) is 53.5 Å². The smallest absolute Gasteiger partial charge is 0.227 e. The van der Waals surface area contributed by atoms with E-state index >= 15 is 0 Å². The minimum Gasteiger partial charge on any atom is -0.508 e. The number of carbonyl (C=O) groups excluding carboxylic acids is 1. The van der Waals surface area contributed by atoms with Gasteiger partial charge < -0.3 is 20.7 Å². The highest BCUT2D eigenvalue weighted by molar-refractivity contribution is 5.96. The standard InChI is InChI=1S/C24H25N3O2/c1-2-27-21(23(25)20-13-12-19(28)15-22(20)27)14-9-16-7-10-18(11-8-16)26-24(29)17-5-3-4-6-17/h7-8,10-13,15,17,28H,2-6,25H2,1H3,(H,26,29). The molecule has 4 N–H and O–H groups in total. The first-order chi connectivity index (χ1) is 14.1. The van der Waals surface area contributed by atoms with Gasteiger partial charge in [0.15, 0.2) is 0 Å². The third-order valence-electron chi connectivity index (χ3n) is 5.61. The molecule has 148 valence electrons. The first-order valence-electron chi connectivity index (χ1n) is 10.1. The Hall–Kier alpha value is -3.39. The summed E-state index contributed by atoms with van der Waals surface area (Å²) < 4.78 is 2.01. The molecule has 4 rings (SSSR count). The molecule has 1 amide bonds. The van der Waals surface area contributed by atoms with Gasteiger partial charge in [0, 0.05) is 35.2 Å². The molecule has 0 radical (unpaired) electrons. The van der Waals surface area contributed by atoms with E-state index in [9.17, 15) is 9.90 Å². The average molecular weight is 387 g/mol. The molecule has 1 aliphatic rings. The summed E-state index contributed by atoms with van der Waals surface area (Å²) in [6.45, 7) is 2.73. The fourth-order valence-electron chi connectivity index (χ4n) is 4.03. The van der Waals surface area contributed by atoms with E-state index in [1.807, 2.05) is 41.8 Å². The molecule has 0 unspecified atom stereocenters. The number of aryl methyl sites for hydroxylation is 1. The number of phenolic OH excluding ortho intramolecular Hbond substituents is 1. The number of phenols is 1. The second-order valence-electron chi connectivity index (χ2n) is 7.51. The molecular formula is C24H25N3O2. The number of carbonyl (C=O) groups is 1. The maximum Gasteiger partial charge on any atom is 0.227 e. The Balaban J connectivity index is 1.56. The van der Waals surface area contributed by atoms with Crippen LogP contribution in [0.1, 0.15) is 43.9 Å². The molecule has 29 heavy (non-hydrogen) atoms. The predicted octanol–water partition coefficient (Wildman–Crippen LogP) is 4.48. The van der Waals surface area contributed by atoms with Gasteiger partial charge in [-0.05, 0) is 62.1 Å². The van der Waals surface area contributed by atoms with Crippen LogP contribution in [-0.2, 0) is 11.3 Å². The molecular weight excluding hydrogens is 362 g/mol. The summed E-state index contributed by atoms with van der Waals surface area (Å²) >= 11 is 0. The van der Waals surface area contributed by atoms with Gasteiger partial charge in [-0.15, -0.1) is 0 Å². The lowest BCUT2D eigenvalue weighted by molar-refractivity contribution is -0.119. The fourth-order valence-corrected chi connectivity index (χ4v) is 4.03. The van der Waals surface area contributed by atoms with E-state index in [1.165, 1.54) is 0 Å². The monoisotopic (exact) mass is 387 g/mol. The number of benzene rings is 2. The van der Waals surface area contributed by atoms with Crippen molar-refractivity contribution in [3.8, 4) is 17.6 Å². The Bertz CT molecular complexity index is 1110. The van der Waals surface area contributed by atoms with Crippen LogP contribution in [0, 0.1) is 17.8 Å². The normalized spacial score (nSPS) is 14.0. The van der Waals surface area contributed by atoms with Crippen LogP contribution in [0.3, 0.4) is 0 Å². The van der Waals surface area contributed by atoms with Crippen LogP contribution in [0.4, 0.5) is 11.4 Å². The molecule has 0 bridgehead atoms. The first kappa shape index (κ1) is 18.9. The molecule has 1 heterocycles. The highest BCUT2D eigenvalue weighted by Crippen LogP contribution is 2.31. The number of hydrogen-bond acceptors (Lipinski definition) is 3. The van der Waals surface area contributed by atoms with E-state index in [-0.39, 0.29) is 17.6 Å². The Morgan fingerprint density at radius 3 is 2.59 bits per heavy atom. The Labute approximate surface area is 170 Å². The maximum atomic E-state index is 12.3. The van der Waals surface area contributed by atoms with Crippen molar-refractivity contribution in [1.82, 2.24) is 4.57 Å². The SMILES string of the molecule is CCn1c(C#Cc2ccc(NC(=O)C3CCCC3)cc2)c(N)c2ccc(O)cc21. The largest absolute Gasteiger partial charge is 0.508 e. The lowest BCUT2D eigenvalue weighted by Gasteiger charge is -2.10. The van der Waals surface area contributed by atoms with E-state index in [4.69, 9.17) is 5.73 Å². The predicted molar refractivity (Wildman–Crippen MR) is 117 cm³/mol. The third kappa shape index (κ3) is 3.79. The van der Waals surface area contributed by atoms with Crippen LogP contribution in [0.15, 0.2) is 42.5 Å². The van der Waals surface area contributed by atoms with E-state index in [2.05, 4.69) is 17.2 Å². The average Bonchev–Trinajstić information content (AvgIpc) is 3.34. The number of anilines is 2. The molecule has 3 aromatic rings. The van der Waals surface area contributed by atoms with Crippen molar-refractivity contribution >= 4 is 28.2 Å². The lowest BCUT2D eigenvalue weighted by Crippen LogP contribution is -2.20. The van der Waals surface area contributed by atoms with Crippen molar-refractivity contribution in [2.24, 2.45) is 5.92 Å². The zero-order chi connectivity index (χ0) is 20.4. The van der Waals surface area contributed by atoms with E-state index < -0.39 is 0 Å². The number of nitrogens with one attached hydrogen (secondary N) is 1. The molecule has 5 nitrogen and oxygen atoms in total. The highest BCUT2D eigenvalue weighted by Gasteiger charge is 2.22. The topological polar surface area (TPSA) is 80.3 Å². The van der Waals surface area contributed by atoms with Crippen LogP contribution >= 0.6 is 0 Å². The zero-order valence-corrected chi connectivity index (χ0v) is 16.5. The highest BCUT2D eigenvalue weighted by atomic mass is 16.3. The molecule has 1 fully saturated rings. The number of aromatic hydroxyl groups is 1. The first-order valence-corrected chi connectivity index (χ1v) is 10.1. The summed E-state index contributed by atoms with van der Waals surface area (Å²) in [4.78, 5) is 12.3. The van der Waals surface area contributed by atoms with Gasteiger partial charge in [-0.25, -0.2) is 0 Å². The molecule has 1 aliphatic carbocycles. The fraction of sp³-hybridized carbons (Fsp3) is 0.292. The number of amides is 1. The second kappa shape index (κ2) is 7.92. The van der Waals surface area contributed by atoms with Gasteiger partial charge in [-0.3, -0.25) is 4.79 Å². The summed E-state index contributed by atoms with van der Waals surface area (Å²) in [5.74, 6) is 6.81. The van der Waals surface area contributed by atoms with Crippen LogP contribution in [0.5, 0.6) is 5.75 Å². The lowest BCUT2D eigenvalue weighted by atomic mass is 10.1. The minimum atomic E-state index is 0.116. The van der Waals surface area contributed by atoms with Gasteiger partial charge in [0.1, 0.15) is 11.4 Å². The summed E-state index contributed by atoms with van der Waals surface area (Å²) in [5, 5.41) is 13.7. The zero-order valence-electron chi connectivity index (χ0n) is 16.5. The Morgan fingerprint density at radius 2 is 1.90 bits per heavy atom. The Kier molecular flexibility index (Phi) is 5.18. The van der Waals surface area contributed by atoms with Crippen LogP contribution in [0.2, 0.25) is 0 Å². The van der Waals surface area contributed by atoms with Crippen molar-refractivity contribution in [2.45, 2.75) is 39.2 Å². The number of fused-ring (bicyclic) bond motifs is 1. The minimum absolute atomic E-state index is 0.116. The van der Waals surface area contributed by atoms with Gasteiger partial charge >= 0.3 is 0 Å². The molecule has 1 aromatic heterocycles. The Morgan fingerprint density at radius 1 is 1.17 bits per heavy atom. The van der Waals surface area contributed by atoms with Crippen LogP contribution in [0.25, 0.3) is 10.9 Å². The van der Waals surface area contributed by atoms with Crippen LogP contribution in [-0.4, -0.2) is 15.6 Å². The van der Waals surface area contributed by atoms with Crippen molar-refractivity contribution in [3.05, 3.63) is 53.7 Å². The van der Waals surface area contributed by atoms with E-state index in [1.54, 1.807) is 12.1 Å². The van der Waals surface area contributed by atoms with Crippen molar-refractivity contribution in [2.75, 3.05) is 11.1 Å². The van der Waals surface area contributed by atoms with Gasteiger partial charge in [0.2, 0.25) is 5.91 Å². The number of hydrogen-bond donors (Lipinski definition) is 3. The van der Waals surface area contributed by atoms with E-state index in [0.29, 0.717) is 12.2 Å².